The number of halogens is 1. The monoisotopic (exact) mass is 391 g/mol. The Morgan fingerprint density at radius 2 is 2.10 bits per heavy atom. The van der Waals surface area contributed by atoms with Gasteiger partial charge in [0.25, 0.3) is 5.69 Å². The fourth-order valence-electron chi connectivity index (χ4n) is 2.56. The van der Waals surface area contributed by atoms with E-state index in [1.54, 1.807) is 12.1 Å². The topological polar surface area (TPSA) is 78.7 Å². The number of hydrogen-bond acceptors (Lipinski definition) is 5. The first-order valence-electron chi connectivity index (χ1n) is 6.12. The van der Waals surface area contributed by atoms with E-state index in [0.29, 0.717) is 31.6 Å². The third-order valence-corrected chi connectivity index (χ3v) is 4.27. The number of esters is 1. The molecule has 0 atom stereocenters. The van der Waals surface area contributed by atoms with Gasteiger partial charge in [-0.25, -0.2) is 0 Å². The second-order valence-electron chi connectivity index (χ2n) is 4.60. The van der Waals surface area contributed by atoms with Crippen LogP contribution in [0, 0.1) is 13.7 Å². The highest BCUT2D eigenvalue weighted by atomic mass is 127. The molecule has 20 heavy (non-hydrogen) atoms. The van der Waals surface area contributed by atoms with Crippen LogP contribution in [0.5, 0.6) is 0 Å². The summed E-state index contributed by atoms with van der Waals surface area (Å²) in [6.45, 7) is 0.774. The number of methoxy groups -OCH3 is 1. The fourth-order valence-corrected chi connectivity index (χ4v) is 3.03. The number of carbonyl (C=O) groups is 1. The van der Waals surface area contributed by atoms with Crippen LogP contribution in [0.3, 0.4) is 0 Å². The predicted octanol–water partition coefficient (Wildman–Crippen LogP) is 2.42. The summed E-state index contributed by atoms with van der Waals surface area (Å²) in [6.07, 6.45) is 0.780. The molecule has 0 spiro atoms. The molecule has 1 fully saturated rings. The van der Waals surface area contributed by atoms with E-state index in [-0.39, 0.29) is 5.69 Å². The van der Waals surface area contributed by atoms with Crippen LogP contribution in [-0.2, 0) is 19.7 Å². The summed E-state index contributed by atoms with van der Waals surface area (Å²) in [5.41, 5.74) is -0.609. The summed E-state index contributed by atoms with van der Waals surface area (Å²) in [5, 5.41) is 11.3. The number of nitro benzene ring substituents is 1. The molecule has 1 saturated heterocycles. The van der Waals surface area contributed by atoms with Gasteiger partial charge in [0, 0.05) is 28.4 Å². The maximum atomic E-state index is 12.2. The van der Waals surface area contributed by atoms with Crippen LogP contribution >= 0.6 is 22.6 Å². The van der Waals surface area contributed by atoms with Crippen LogP contribution < -0.4 is 0 Å². The van der Waals surface area contributed by atoms with Crippen LogP contribution in [0.2, 0.25) is 0 Å². The van der Waals surface area contributed by atoms with Gasteiger partial charge in [-0.2, -0.15) is 0 Å². The van der Waals surface area contributed by atoms with E-state index in [4.69, 9.17) is 9.47 Å². The van der Waals surface area contributed by atoms with E-state index in [1.165, 1.54) is 13.2 Å². The zero-order valence-electron chi connectivity index (χ0n) is 10.9. The van der Waals surface area contributed by atoms with Crippen LogP contribution in [0.25, 0.3) is 0 Å². The van der Waals surface area contributed by atoms with Crippen molar-refractivity contribution < 1.29 is 19.2 Å². The number of nitrogens with zero attached hydrogens (tertiary/aromatic N) is 1. The lowest BCUT2D eigenvalue weighted by molar-refractivity contribution is -0.386. The van der Waals surface area contributed by atoms with E-state index in [0.717, 1.165) is 3.57 Å². The Bertz CT molecular complexity index is 540. The SMILES string of the molecule is COC(=O)C1(c2ccc(I)cc2[N+](=O)[O-])CCOCC1. The predicted molar refractivity (Wildman–Crippen MR) is 79.6 cm³/mol. The van der Waals surface area contributed by atoms with Gasteiger partial charge in [-0.3, -0.25) is 14.9 Å². The van der Waals surface area contributed by atoms with Gasteiger partial charge in [0.2, 0.25) is 0 Å². The van der Waals surface area contributed by atoms with Crippen molar-refractivity contribution in [1.82, 2.24) is 0 Å². The quantitative estimate of drug-likeness (QED) is 0.342. The average Bonchev–Trinajstić information content (AvgIpc) is 2.46. The minimum absolute atomic E-state index is 0.0378. The number of ether oxygens (including phenoxy) is 2. The molecule has 0 unspecified atom stereocenters. The van der Waals surface area contributed by atoms with Gasteiger partial charge in [-0.15, -0.1) is 0 Å². The maximum absolute atomic E-state index is 12.2. The number of rotatable bonds is 3. The highest BCUT2D eigenvalue weighted by Crippen LogP contribution is 2.41. The third-order valence-electron chi connectivity index (χ3n) is 3.59. The van der Waals surface area contributed by atoms with Crippen molar-refractivity contribution in [3.8, 4) is 0 Å². The summed E-state index contributed by atoms with van der Waals surface area (Å²) in [5.74, 6) is -0.440. The number of hydrogen-bond donors (Lipinski definition) is 0. The van der Waals surface area contributed by atoms with E-state index in [1.807, 2.05) is 22.6 Å². The van der Waals surface area contributed by atoms with Gasteiger partial charge in [-0.1, -0.05) is 0 Å². The molecule has 7 heteroatoms. The first kappa shape index (κ1) is 15.2. The molecule has 0 aromatic heterocycles. The Morgan fingerprint density at radius 3 is 2.65 bits per heavy atom. The fraction of sp³-hybridized carbons (Fsp3) is 0.462. The van der Waals surface area contributed by atoms with Crippen LogP contribution in [0.15, 0.2) is 18.2 Å². The first-order valence-corrected chi connectivity index (χ1v) is 7.20. The van der Waals surface area contributed by atoms with Crippen molar-refractivity contribution in [3.63, 3.8) is 0 Å². The minimum Gasteiger partial charge on any atom is -0.468 e. The lowest BCUT2D eigenvalue weighted by Crippen LogP contribution is -2.42. The summed E-state index contributed by atoms with van der Waals surface area (Å²) >= 11 is 2.01. The zero-order valence-corrected chi connectivity index (χ0v) is 13.1. The Balaban J connectivity index is 2.60. The molecule has 1 aromatic carbocycles. The third kappa shape index (κ3) is 2.64. The molecule has 0 N–H and O–H groups in total. The molecule has 1 aliphatic heterocycles. The summed E-state index contributed by atoms with van der Waals surface area (Å²) in [4.78, 5) is 23.1. The molecule has 2 rings (SSSR count). The van der Waals surface area contributed by atoms with Crippen LogP contribution in [0.4, 0.5) is 5.69 Å². The lowest BCUT2D eigenvalue weighted by Gasteiger charge is -2.34. The normalized spacial score (nSPS) is 17.5. The Morgan fingerprint density at radius 1 is 1.45 bits per heavy atom. The molecule has 0 radical (unpaired) electrons. The second-order valence-corrected chi connectivity index (χ2v) is 5.85. The van der Waals surface area contributed by atoms with Crippen molar-refractivity contribution in [2.45, 2.75) is 18.3 Å². The van der Waals surface area contributed by atoms with Crippen molar-refractivity contribution in [2.24, 2.45) is 0 Å². The first-order chi connectivity index (χ1) is 9.51. The second kappa shape index (κ2) is 6.04. The highest BCUT2D eigenvalue weighted by molar-refractivity contribution is 14.1. The summed E-state index contributed by atoms with van der Waals surface area (Å²) in [6, 6.07) is 4.90. The smallest absolute Gasteiger partial charge is 0.316 e. The van der Waals surface area contributed by atoms with Gasteiger partial charge in [0.05, 0.1) is 12.0 Å². The van der Waals surface area contributed by atoms with E-state index in [9.17, 15) is 14.9 Å². The summed E-state index contributed by atoms with van der Waals surface area (Å²) < 4.78 is 10.9. The van der Waals surface area contributed by atoms with Crippen molar-refractivity contribution >= 4 is 34.2 Å². The molecule has 0 bridgehead atoms. The molecule has 1 heterocycles. The van der Waals surface area contributed by atoms with E-state index in [2.05, 4.69) is 0 Å². The lowest BCUT2D eigenvalue weighted by atomic mass is 9.73. The standard InChI is InChI=1S/C13H14INO5/c1-19-12(16)13(4-6-20-7-5-13)10-3-2-9(14)8-11(10)15(17)18/h2-3,8H,4-7H2,1H3. The number of benzene rings is 1. The van der Waals surface area contributed by atoms with Gasteiger partial charge in [0.1, 0.15) is 5.41 Å². The number of carbonyl (C=O) groups excluding carboxylic acids is 1. The molecule has 6 nitrogen and oxygen atoms in total. The van der Waals surface area contributed by atoms with Crippen molar-refractivity contribution in [2.75, 3.05) is 20.3 Å². The summed E-state index contributed by atoms with van der Waals surface area (Å²) in [7, 11) is 1.30. The molecule has 108 valence electrons. The highest BCUT2D eigenvalue weighted by Gasteiger charge is 2.46. The molecule has 1 aromatic rings. The van der Waals surface area contributed by atoms with E-state index >= 15 is 0 Å². The Kier molecular flexibility index (Phi) is 4.59. The molecular weight excluding hydrogens is 377 g/mol. The average molecular weight is 391 g/mol. The zero-order chi connectivity index (χ0) is 14.8. The van der Waals surface area contributed by atoms with Gasteiger partial charge in [0.15, 0.2) is 0 Å². The molecule has 1 aliphatic rings. The van der Waals surface area contributed by atoms with Crippen LogP contribution in [0.1, 0.15) is 18.4 Å². The van der Waals surface area contributed by atoms with Crippen LogP contribution in [-0.4, -0.2) is 31.2 Å². The van der Waals surface area contributed by atoms with Gasteiger partial charge < -0.3 is 9.47 Å². The van der Waals surface area contributed by atoms with Gasteiger partial charge >= 0.3 is 5.97 Å². The number of nitro groups is 1. The van der Waals surface area contributed by atoms with Gasteiger partial charge in [-0.05, 0) is 47.6 Å². The van der Waals surface area contributed by atoms with E-state index < -0.39 is 16.3 Å². The molecular formula is C13H14INO5. The Labute approximate surface area is 129 Å². The Hall–Kier alpha value is -1.22. The molecule has 0 amide bonds. The molecule has 0 saturated carbocycles. The minimum atomic E-state index is -0.986. The van der Waals surface area contributed by atoms with Crippen molar-refractivity contribution in [3.05, 3.63) is 37.4 Å². The maximum Gasteiger partial charge on any atom is 0.316 e. The largest absolute Gasteiger partial charge is 0.468 e. The van der Waals surface area contributed by atoms with Crippen molar-refractivity contribution in [1.29, 1.82) is 0 Å². The molecule has 0 aliphatic carbocycles.